The molecule has 10 heavy (non-hydrogen) atoms. The van der Waals surface area contributed by atoms with Crippen molar-refractivity contribution in [2.24, 2.45) is 0 Å². The Morgan fingerprint density at radius 2 is 1.90 bits per heavy atom. The van der Waals surface area contributed by atoms with Gasteiger partial charge in [0.05, 0.1) is 11.7 Å². The zero-order valence-electron chi connectivity index (χ0n) is 6.38. The average Bonchev–Trinajstić information content (AvgIpc) is 2.11. The van der Waals surface area contributed by atoms with E-state index in [4.69, 9.17) is 5.73 Å². The minimum atomic E-state index is 0.0249. The number of rotatable bonds is 0. The van der Waals surface area contributed by atoms with Gasteiger partial charge in [0.15, 0.2) is 5.82 Å². The van der Waals surface area contributed by atoms with Gasteiger partial charge in [0.25, 0.3) is 0 Å². The molecule has 0 saturated heterocycles. The third-order valence-corrected chi connectivity index (χ3v) is 1.77. The van der Waals surface area contributed by atoms with Crippen LogP contribution in [0.2, 0.25) is 0 Å². The van der Waals surface area contributed by atoms with Crippen molar-refractivity contribution in [1.29, 1.82) is 0 Å². The molecule has 0 aliphatic carbocycles. The molecule has 0 aliphatic heterocycles. The summed E-state index contributed by atoms with van der Waals surface area (Å²) >= 11 is 1.17. The van der Waals surface area contributed by atoms with Crippen LogP contribution >= 0.6 is 11.7 Å². The highest BCUT2D eigenvalue weighted by molar-refractivity contribution is 6.99. The fourth-order valence-corrected chi connectivity index (χ4v) is 1.38. The summed E-state index contributed by atoms with van der Waals surface area (Å²) in [6, 6.07) is 0. The molecule has 0 bridgehead atoms. The van der Waals surface area contributed by atoms with E-state index in [0.29, 0.717) is 5.82 Å². The average molecular weight is 157 g/mol. The van der Waals surface area contributed by atoms with Gasteiger partial charge in [-0.05, 0) is 0 Å². The second-order valence-electron chi connectivity index (χ2n) is 3.25. The van der Waals surface area contributed by atoms with Crippen LogP contribution in [-0.2, 0) is 5.41 Å². The fourth-order valence-electron chi connectivity index (χ4n) is 0.716. The maximum atomic E-state index is 5.56. The van der Waals surface area contributed by atoms with Crippen molar-refractivity contribution in [2.75, 3.05) is 5.73 Å². The van der Waals surface area contributed by atoms with Crippen molar-refractivity contribution in [3.63, 3.8) is 0 Å². The monoisotopic (exact) mass is 157 g/mol. The van der Waals surface area contributed by atoms with E-state index >= 15 is 0 Å². The predicted molar refractivity (Wildman–Crippen MR) is 43.0 cm³/mol. The summed E-state index contributed by atoms with van der Waals surface area (Å²) in [5.74, 6) is 0.567. The summed E-state index contributed by atoms with van der Waals surface area (Å²) in [5.41, 5.74) is 6.49. The van der Waals surface area contributed by atoms with E-state index in [2.05, 4.69) is 29.5 Å². The first-order valence-corrected chi connectivity index (χ1v) is 3.83. The Morgan fingerprint density at radius 3 is 2.10 bits per heavy atom. The van der Waals surface area contributed by atoms with Crippen LogP contribution in [0.15, 0.2) is 0 Å². The highest BCUT2D eigenvalue weighted by atomic mass is 32.1. The van der Waals surface area contributed by atoms with Crippen LogP contribution in [0.1, 0.15) is 26.5 Å². The van der Waals surface area contributed by atoms with Gasteiger partial charge in [-0.25, -0.2) is 0 Å². The minimum absolute atomic E-state index is 0.0249. The zero-order chi connectivity index (χ0) is 7.78. The van der Waals surface area contributed by atoms with Gasteiger partial charge < -0.3 is 5.73 Å². The van der Waals surface area contributed by atoms with Crippen LogP contribution in [0.3, 0.4) is 0 Å². The van der Waals surface area contributed by atoms with Crippen molar-refractivity contribution in [2.45, 2.75) is 26.2 Å². The van der Waals surface area contributed by atoms with Crippen molar-refractivity contribution >= 4 is 17.5 Å². The third kappa shape index (κ3) is 1.26. The molecule has 0 amide bonds. The lowest BCUT2D eigenvalue weighted by molar-refractivity contribution is 0.577. The second-order valence-corrected chi connectivity index (χ2v) is 3.78. The fraction of sp³-hybridized carbons (Fsp3) is 0.667. The van der Waals surface area contributed by atoms with E-state index in [9.17, 15) is 0 Å². The van der Waals surface area contributed by atoms with E-state index in [0.717, 1.165) is 5.69 Å². The Hall–Kier alpha value is -0.640. The standard InChI is InChI=1S/C6H11N3S/c1-6(2,3)4-5(7)9-10-8-4/h1-3H3,(H2,7,9). The van der Waals surface area contributed by atoms with Gasteiger partial charge in [0.1, 0.15) is 5.69 Å². The first kappa shape index (κ1) is 7.47. The molecule has 1 aromatic heterocycles. The number of anilines is 1. The molecule has 0 aromatic carbocycles. The van der Waals surface area contributed by atoms with Crippen LogP contribution in [-0.4, -0.2) is 8.75 Å². The molecule has 56 valence electrons. The summed E-state index contributed by atoms with van der Waals surface area (Å²) in [7, 11) is 0. The molecule has 0 atom stereocenters. The summed E-state index contributed by atoms with van der Waals surface area (Å²) < 4.78 is 7.98. The van der Waals surface area contributed by atoms with Gasteiger partial charge in [-0.15, -0.1) is 0 Å². The first-order valence-electron chi connectivity index (χ1n) is 3.10. The van der Waals surface area contributed by atoms with Gasteiger partial charge in [0.2, 0.25) is 0 Å². The van der Waals surface area contributed by atoms with Crippen LogP contribution in [0, 0.1) is 0 Å². The normalized spacial score (nSPS) is 11.9. The highest BCUT2D eigenvalue weighted by Gasteiger charge is 2.20. The molecule has 0 aliphatic rings. The molecule has 3 nitrogen and oxygen atoms in total. The predicted octanol–water partition coefficient (Wildman–Crippen LogP) is 1.42. The number of aromatic nitrogens is 2. The summed E-state index contributed by atoms with van der Waals surface area (Å²) in [6.45, 7) is 6.21. The van der Waals surface area contributed by atoms with E-state index in [1.807, 2.05) is 0 Å². The topological polar surface area (TPSA) is 51.8 Å². The Bertz CT molecular complexity index is 223. The molecular weight excluding hydrogens is 146 g/mol. The number of hydrogen-bond donors (Lipinski definition) is 1. The molecule has 0 spiro atoms. The van der Waals surface area contributed by atoms with Gasteiger partial charge in [-0.1, -0.05) is 20.8 Å². The van der Waals surface area contributed by atoms with Crippen molar-refractivity contribution < 1.29 is 0 Å². The number of nitrogens with zero attached hydrogens (tertiary/aromatic N) is 2. The molecule has 1 aromatic rings. The first-order chi connectivity index (χ1) is 4.52. The zero-order valence-corrected chi connectivity index (χ0v) is 7.20. The maximum absolute atomic E-state index is 5.56. The second kappa shape index (κ2) is 2.20. The van der Waals surface area contributed by atoms with Crippen LogP contribution in [0.4, 0.5) is 5.82 Å². The lowest BCUT2D eigenvalue weighted by Crippen LogP contribution is -2.13. The molecule has 0 unspecified atom stereocenters. The number of nitrogen functional groups attached to an aromatic ring is 1. The lowest BCUT2D eigenvalue weighted by atomic mass is 9.92. The molecule has 0 saturated carbocycles. The molecule has 1 heterocycles. The smallest absolute Gasteiger partial charge is 0.161 e. The van der Waals surface area contributed by atoms with Gasteiger partial charge in [0, 0.05) is 5.41 Å². The van der Waals surface area contributed by atoms with Gasteiger partial charge >= 0.3 is 0 Å². The maximum Gasteiger partial charge on any atom is 0.161 e. The highest BCUT2D eigenvalue weighted by Crippen LogP contribution is 2.24. The molecule has 2 N–H and O–H groups in total. The summed E-state index contributed by atoms with van der Waals surface area (Å²) in [6.07, 6.45) is 0. The van der Waals surface area contributed by atoms with E-state index in [-0.39, 0.29) is 5.41 Å². The van der Waals surface area contributed by atoms with Crippen molar-refractivity contribution in [3.8, 4) is 0 Å². The van der Waals surface area contributed by atoms with E-state index in [1.165, 1.54) is 11.7 Å². The van der Waals surface area contributed by atoms with Crippen LogP contribution in [0.5, 0.6) is 0 Å². The largest absolute Gasteiger partial charge is 0.381 e. The van der Waals surface area contributed by atoms with Gasteiger partial charge in [-0.2, -0.15) is 8.75 Å². The van der Waals surface area contributed by atoms with E-state index in [1.54, 1.807) is 0 Å². The molecule has 0 radical (unpaired) electrons. The molecular formula is C6H11N3S. The Balaban J connectivity index is 3.05. The van der Waals surface area contributed by atoms with Crippen LogP contribution in [0.25, 0.3) is 0 Å². The SMILES string of the molecule is CC(C)(C)c1nsnc1N. The third-order valence-electron chi connectivity index (χ3n) is 1.22. The Kier molecular flexibility index (Phi) is 1.64. The van der Waals surface area contributed by atoms with Crippen LogP contribution < -0.4 is 5.73 Å². The Morgan fingerprint density at radius 1 is 1.30 bits per heavy atom. The number of nitrogens with two attached hydrogens (primary N) is 1. The lowest BCUT2D eigenvalue weighted by Gasteiger charge is -2.14. The quantitative estimate of drug-likeness (QED) is 0.619. The molecule has 4 heteroatoms. The van der Waals surface area contributed by atoms with Crippen molar-refractivity contribution in [3.05, 3.63) is 5.69 Å². The molecule has 0 fully saturated rings. The van der Waals surface area contributed by atoms with Crippen molar-refractivity contribution in [1.82, 2.24) is 8.75 Å². The minimum Gasteiger partial charge on any atom is -0.381 e. The summed E-state index contributed by atoms with van der Waals surface area (Å²) in [5, 5.41) is 0. The molecule has 1 rings (SSSR count). The number of hydrogen-bond acceptors (Lipinski definition) is 4. The van der Waals surface area contributed by atoms with E-state index < -0.39 is 0 Å². The summed E-state index contributed by atoms with van der Waals surface area (Å²) in [4.78, 5) is 0. The van der Waals surface area contributed by atoms with Gasteiger partial charge in [-0.3, -0.25) is 0 Å². The Labute approximate surface area is 64.6 Å².